The van der Waals surface area contributed by atoms with Gasteiger partial charge in [0.15, 0.2) is 0 Å². The van der Waals surface area contributed by atoms with Crippen molar-refractivity contribution in [3.63, 3.8) is 0 Å². The van der Waals surface area contributed by atoms with Crippen LogP contribution in [0.2, 0.25) is 0 Å². The van der Waals surface area contributed by atoms with Crippen molar-refractivity contribution in [1.29, 1.82) is 0 Å². The van der Waals surface area contributed by atoms with Crippen LogP contribution < -0.4 is 15.1 Å². The van der Waals surface area contributed by atoms with E-state index in [0.717, 1.165) is 50.7 Å². The Morgan fingerprint density at radius 2 is 1.80 bits per heavy atom. The number of hydrogen-bond donors (Lipinski definition) is 1. The first kappa shape index (κ1) is 15.8. The molecule has 1 saturated heterocycles. The summed E-state index contributed by atoms with van der Waals surface area (Å²) in [6.45, 7) is 5.28. The van der Waals surface area contributed by atoms with Crippen LogP contribution in [-0.2, 0) is 0 Å². The molecule has 0 atom stereocenters. The van der Waals surface area contributed by atoms with Gasteiger partial charge in [-0.15, -0.1) is 0 Å². The molecule has 1 aliphatic heterocycles. The summed E-state index contributed by atoms with van der Waals surface area (Å²) in [7, 11) is 0. The van der Waals surface area contributed by atoms with Gasteiger partial charge in [-0.2, -0.15) is 0 Å². The van der Waals surface area contributed by atoms with Gasteiger partial charge in [0.1, 0.15) is 23.2 Å². The third kappa shape index (κ3) is 3.70. The molecule has 7 nitrogen and oxygen atoms in total. The lowest BCUT2D eigenvalue weighted by molar-refractivity contribution is 0.0945. The minimum Gasteiger partial charge on any atom is -0.353 e. The van der Waals surface area contributed by atoms with Crippen molar-refractivity contribution in [2.24, 2.45) is 0 Å². The molecule has 0 unspecified atom stereocenters. The highest BCUT2D eigenvalue weighted by Gasteiger charge is 2.25. The zero-order chi connectivity index (χ0) is 17.2. The van der Waals surface area contributed by atoms with E-state index in [4.69, 9.17) is 0 Å². The van der Waals surface area contributed by atoms with Crippen molar-refractivity contribution in [2.75, 3.05) is 36.0 Å². The molecule has 3 heterocycles. The number of aromatic nitrogens is 3. The fraction of sp³-hybridized carbons (Fsp3) is 0.444. The average molecular weight is 338 g/mol. The first-order valence-corrected chi connectivity index (χ1v) is 8.76. The summed E-state index contributed by atoms with van der Waals surface area (Å²) in [6.07, 6.45) is 3.95. The van der Waals surface area contributed by atoms with Gasteiger partial charge in [-0.05, 0) is 31.9 Å². The van der Waals surface area contributed by atoms with Crippen LogP contribution in [0.15, 0.2) is 30.5 Å². The third-order valence-electron chi connectivity index (χ3n) is 4.55. The van der Waals surface area contributed by atoms with Gasteiger partial charge in [-0.3, -0.25) is 4.79 Å². The second kappa shape index (κ2) is 6.66. The van der Waals surface area contributed by atoms with Crippen molar-refractivity contribution in [3.8, 4) is 0 Å². The normalized spacial score (nSPS) is 17.5. The largest absolute Gasteiger partial charge is 0.353 e. The van der Waals surface area contributed by atoms with Crippen LogP contribution in [0.5, 0.6) is 0 Å². The molecule has 2 aliphatic rings. The number of carbonyl (C=O) groups is 1. The average Bonchev–Trinajstić information content (AvgIpc) is 3.46. The zero-order valence-electron chi connectivity index (χ0n) is 14.4. The van der Waals surface area contributed by atoms with E-state index in [1.54, 1.807) is 6.07 Å². The van der Waals surface area contributed by atoms with E-state index in [9.17, 15) is 4.79 Å². The van der Waals surface area contributed by atoms with Crippen LogP contribution >= 0.6 is 0 Å². The van der Waals surface area contributed by atoms with Gasteiger partial charge < -0.3 is 15.1 Å². The summed E-state index contributed by atoms with van der Waals surface area (Å²) < 4.78 is 0. The van der Waals surface area contributed by atoms with Gasteiger partial charge in [0.2, 0.25) is 0 Å². The minimum absolute atomic E-state index is 0.0960. The lowest BCUT2D eigenvalue weighted by Gasteiger charge is -2.36. The molecule has 0 bridgehead atoms. The zero-order valence-corrected chi connectivity index (χ0v) is 14.4. The number of amides is 1. The lowest BCUT2D eigenvalue weighted by atomic mass is 10.2. The molecule has 1 aliphatic carbocycles. The second-order valence-corrected chi connectivity index (χ2v) is 6.57. The van der Waals surface area contributed by atoms with Crippen LogP contribution in [0, 0.1) is 6.92 Å². The highest BCUT2D eigenvalue weighted by molar-refractivity contribution is 5.93. The molecule has 0 spiro atoms. The number of hydrogen-bond acceptors (Lipinski definition) is 6. The molecule has 2 aromatic rings. The molecule has 25 heavy (non-hydrogen) atoms. The number of aryl methyl sites for hydroxylation is 1. The number of nitrogens with zero attached hydrogens (tertiary/aromatic N) is 5. The Kier molecular flexibility index (Phi) is 4.21. The fourth-order valence-electron chi connectivity index (χ4n) is 3.02. The van der Waals surface area contributed by atoms with E-state index in [0.29, 0.717) is 17.6 Å². The van der Waals surface area contributed by atoms with Crippen LogP contribution in [0.3, 0.4) is 0 Å². The maximum absolute atomic E-state index is 12.3. The van der Waals surface area contributed by atoms with Crippen molar-refractivity contribution in [1.82, 2.24) is 20.3 Å². The summed E-state index contributed by atoms with van der Waals surface area (Å²) in [6, 6.07) is 8.10. The Morgan fingerprint density at radius 1 is 1.08 bits per heavy atom. The van der Waals surface area contributed by atoms with Gasteiger partial charge >= 0.3 is 0 Å². The Bertz CT molecular complexity index is 753. The number of piperazine rings is 1. The van der Waals surface area contributed by atoms with Crippen molar-refractivity contribution < 1.29 is 4.79 Å². The van der Waals surface area contributed by atoms with Gasteiger partial charge in [-0.25, -0.2) is 15.0 Å². The Morgan fingerprint density at radius 3 is 2.44 bits per heavy atom. The van der Waals surface area contributed by atoms with Crippen LogP contribution in [-0.4, -0.2) is 53.1 Å². The topological polar surface area (TPSA) is 74.2 Å². The number of nitrogens with one attached hydrogen (secondary N) is 1. The predicted octanol–water partition coefficient (Wildman–Crippen LogP) is 1.40. The Balaban J connectivity index is 1.45. The van der Waals surface area contributed by atoms with Crippen molar-refractivity contribution in [2.45, 2.75) is 25.8 Å². The summed E-state index contributed by atoms with van der Waals surface area (Å²) in [4.78, 5) is 30.0. The summed E-state index contributed by atoms with van der Waals surface area (Å²) >= 11 is 0. The highest BCUT2D eigenvalue weighted by atomic mass is 16.2. The van der Waals surface area contributed by atoms with Crippen LogP contribution in [0.25, 0.3) is 0 Å². The number of rotatable bonds is 4. The molecule has 1 amide bonds. The van der Waals surface area contributed by atoms with E-state index in [1.807, 2.05) is 31.3 Å². The maximum Gasteiger partial charge on any atom is 0.270 e. The molecule has 1 N–H and O–H groups in total. The first-order valence-electron chi connectivity index (χ1n) is 8.76. The smallest absolute Gasteiger partial charge is 0.270 e. The highest BCUT2D eigenvalue weighted by Crippen LogP contribution is 2.21. The standard InChI is InChI=1S/C18H22N6O/c1-13-20-15(18(25)22-14-5-6-14)12-17(21-13)24-10-8-23(9-11-24)16-4-2-3-7-19-16/h2-4,7,12,14H,5-6,8-11H2,1H3,(H,22,25). The first-order chi connectivity index (χ1) is 12.2. The van der Waals surface area contributed by atoms with E-state index in [-0.39, 0.29) is 5.91 Å². The molecule has 0 aromatic carbocycles. The second-order valence-electron chi connectivity index (χ2n) is 6.57. The molecule has 130 valence electrons. The lowest BCUT2D eigenvalue weighted by Crippen LogP contribution is -2.47. The quantitative estimate of drug-likeness (QED) is 0.908. The fourth-order valence-corrected chi connectivity index (χ4v) is 3.02. The van der Waals surface area contributed by atoms with E-state index >= 15 is 0 Å². The van der Waals surface area contributed by atoms with E-state index < -0.39 is 0 Å². The van der Waals surface area contributed by atoms with E-state index in [1.165, 1.54) is 0 Å². The summed E-state index contributed by atoms with van der Waals surface area (Å²) in [5.41, 5.74) is 0.460. The summed E-state index contributed by atoms with van der Waals surface area (Å²) in [5, 5.41) is 2.99. The minimum atomic E-state index is -0.0960. The Labute approximate surface area is 147 Å². The molecule has 2 fully saturated rings. The molecular weight excluding hydrogens is 316 g/mol. The maximum atomic E-state index is 12.3. The summed E-state index contributed by atoms with van der Waals surface area (Å²) in [5.74, 6) is 2.37. The van der Waals surface area contributed by atoms with Gasteiger partial charge in [0.05, 0.1) is 0 Å². The van der Waals surface area contributed by atoms with Crippen molar-refractivity contribution in [3.05, 3.63) is 42.0 Å². The molecule has 7 heteroatoms. The van der Waals surface area contributed by atoms with Crippen LogP contribution in [0.4, 0.5) is 11.6 Å². The van der Waals surface area contributed by atoms with Crippen LogP contribution in [0.1, 0.15) is 29.2 Å². The third-order valence-corrected chi connectivity index (χ3v) is 4.55. The monoisotopic (exact) mass is 338 g/mol. The number of anilines is 2. The molecule has 2 aromatic heterocycles. The molecule has 1 saturated carbocycles. The van der Waals surface area contributed by atoms with E-state index in [2.05, 4.69) is 30.1 Å². The molecule has 0 radical (unpaired) electrons. The molecule has 4 rings (SSSR count). The molecular formula is C18H22N6O. The van der Waals surface area contributed by atoms with Gasteiger partial charge in [0, 0.05) is 44.5 Å². The predicted molar refractivity (Wildman–Crippen MR) is 95.9 cm³/mol. The van der Waals surface area contributed by atoms with Gasteiger partial charge in [-0.1, -0.05) is 6.07 Å². The SMILES string of the molecule is Cc1nc(C(=O)NC2CC2)cc(N2CCN(c3ccccn3)CC2)n1. The van der Waals surface area contributed by atoms with Crippen molar-refractivity contribution >= 4 is 17.5 Å². The van der Waals surface area contributed by atoms with Gasteiger partial charge in [0.25, 0.3) is 5.91 Å². The number of carbonyl (C=O) groups excluding carboxylic acids is 1. The number of pyridine rings is 1. The Hall–Kier alpha value is -2.70.